The van der Waals surface area contributed by atoms with Crippen molar-refractivity contribution in [2.75, 3.05) is 6.61 Å². The zero-order valence-electron chi connectivity index (χ0n) is 18.1. The molecule has 10 nitrogen and oxygen atoms in total. The highest BCUT2D eigenvalue weighted by Crippen LogP contribution is 2.41. The van der Waals surface area contributed by atoms with E-state index in [9.17, 15) is 36.4 Å². The summed E-state index contributed by atoms with van der Waals surface area (Å²) in [5.41, 5.74) is -1.67. The zero-order chi connectivity index (χ0) is 27.1. The molecular weight excluding hydrogens is 586 g/mol. The van der Waals surface area contributed by atoms with E-state index in [1.54, 1.807) is 0 Å². The second-order valence-electron chi connectivity index (χ2n) is 7.73. The number of aromatic nitrogens is 3. The van der Waals surface area contributed by atoms with Crippen LogP contribution in [-0.2, 0) is 19.3 Å². The molecule has 1 aliphatic rings. The standard InChI is InChI=1S/C20H16Cl2F3N3O7S2/c21-10-2-1-9(5-11(10)22)36-20-19(35-37(31,32)33)17(18(30)15(7-29)34-20)28-6-14(26-27-28)8-3-12(23)16(25)13(24)4-8/h1-6,15,17-20,29-30H,7H2,(H,31,32,33)/t15?,17?,18-,19?,20+/m0/s1. The average Bonchev–Trinajstić information content (AvgIpc) is 3.30. The van der Waals surface area contributed by atoms with Gasteiger partial charge >= 0.3 is 10.4 Å². The highest BCUT2D eigenvalue weighted by molar-refractivity contribution is 7.99. The van der Waals surface area contributed by atoms with E-state index >= 15 is 0 Å². The molecule has 0 spiro atoms. The number of ether oxygens (including phenoxy) is 1. The number of thioether (sulfide) groups is 1. The van der Waals surface area contributed by atoms with Crippen LogP contribution in [0.5, 0.6) is 0 Å². The SMILES string of the molecule is O=S(=O)(O)OC1C(n2cc(-c3cc(F)c(F)c(F)c3)nn2)[C@@H](O)C(CO)O[C@@H]1Sc1ccc(Cl)c(Cl)c1. The van der Waals surface area contributed by atoms with E-state index in [-0.39, 0.29) is 21.3 Å². The van der Waals surface area contributed by atoms with Gasteiger partial charge in [-0.2, -0.15) is 8.42 Å². The molecule has 17 heteroatoms. The maximum atomic E-state index is 13.7. The molecule has 1 aliphatic heterocycles. The number of halogens is 5. The van der Waals surface area contributed by atoms with Gasteiger partial charge in [0.25, 0.3) is 0 Å². The summed E-state index contributed by atoms with van der Waals surface area (Å²) >= 11 is 12.8. The molecule has 1 fully saturated rings. The third-order valence-corrected chi connectivity index (χ3v) is 7.64. The third kappa shape index (κ3) is 6.21. The smallest absolute Gasteiger partial charge is 0.394 e. The molecule has 3 N–H and O–H groups in total. The molecule has 0 bridgehead atoms. The van der Waals surface area contributed by atoms with Gasteiger partial charge in [0.2, 0.25) is 0 Å². The molecule has 5 atom stereocenters. The van der Waals surface area contributed by atoms with Gasteiger partial charge in [0.05, 0.1) is 22.8 Å². The summed E-state index contributed by atoms with van der Waals surface area (Å²) in [6.45, 7) is -0.718. The first kappa shape index (κ1) is 28.1. The van der Waals surface area contributed by atoms with Crippen LogP contribution in [-0.4, -0.2) is 68.5 Å². The highest BCUT2D eigenvalue weighted by atomic mass is 35.5. The van der Waals surface area contributed by atoms with Crippen LogP contribution >= 0.6 is 35.0 Å². The van der Waals surface area contributed by atoms with Gasteiger partial charge in [-0.3, -0.25) is 4.55 Å². The summed E-state index contributed by atoms with van der Waals surface area (Å²) in [4.78, 5) is 0.423. The van der Waals surface area contributed by atoms with Gasteiger partial charge in [0.1, 0.15) is 35.5 Å². The number of hydrogen-bond donors (Lipinski definition) is 3. The lowest BCUT2D eigenvalue weighted by Crippen LogP contribution is -2.56. The highest BCUT2D eigenvalue weighted by Gasteiger charge is 2.49. The molecule has 200 valence electrons. The van der Waals surface area contributed by atoms with Crippen molar-refractivity contribution >= 4 is 45.4 Å². The Morgan fingerprint density at radius 2 is 1.81 bits per heavy atom. The number of hydrogen-bond acceptors (Lipinski definition) is 9. The summed E-state index contributed by atoms with van der Waals surface area (Å²) in [6.07, 6.45) is -3.55. The molecule has 2 heterocycles. The van der Waals surface area contributed by atoms with Crippen LogP contribution < -0.4 is 0 Å². The number of rotatable bonds is 7. The maximum Gasteiger partial charge on any atom is 0.397 e. The fourth-order valence-electron chi connectivity index (χ4n) is 3.64. The van der Waals surface area contributed by atoms with Crippen LogP contribution in [0.3, 0.4) is 0 Å². The lowest BCUT2D eigenvalue weighted by atomic mass is 9.97. The Morgan fingerprint density at radius 1 is 1.14 bits per heavy atom. The van der Waals surface area contributed by atoms with Crippen LogP contribution in [0.2, 0.25) is 10.0 Å². The largest absolute Gasteiger partial charge is 0.397 e. The predicted octanol–water partition coefficient (Wildman–Crippen LogP) is 3.27. The predicted molar refractivity (Wildman–Crippen MR) is 125 cm³/mol. The normalized spacial score (nSPS) is 24.4. The second kappa shape index (κ2) is 11.0. The van der Waals surface area contributed by atoms with E-state index in [1.807, 2.05) is 0 Å². The minimum absolute atomic E-state index is 0.170. The van der Waals surface area contributed by atoms with Gasteiger partial charge in [-0.1, -0.05) is 40.2 Å². The van der Waals surface area contributed by atoms with Crippen molar-refractivity contribution in [3.63, 3.8) is 0 Å². The van der Waals surface area contributed by atoms with Crippen molar-refractivity contribution in [1.82, 2.24) is 15.0 Å². The lowest BCUT2D eigenvalue weighted by molar-refractivity contribution is -0.172. The third-order valence-electron chi connectivity index (χ3n) is 5.30. The first-order chi connectivity index (χ1) is 17.4. The van der Waals surface area contributed by atoms with Crippen molar-refractivity contribution in [3.8, 4) is 11.3 Å². The Kier molecular flexibility index (Phi) is 8.37. The number of nitrogens with zero attached hydrogens (tertiary/aromatic N) is 3. The topological polar surface area (TPSA) is 144 Å². The summed E-state index contributed by atoms with van der Waals surface area (Å²) in [7, 11) is -5.13. The van der Waals surface area contributed by atoms with E-state index in [4.69, 9.17) is 32.1 Å². The van der Waals surface area contributed by atoms with E-state index in [1.165, 1.54) is 18.2 Å². The molecule has 1 saturated heterocycles. The molecule has 0 saturated carbocycles. The van der Waals surface area contributed by atoms with Gasteiger partial charge in [-0.05, 0) is 30.3 Å². The van der Waals surface area contributed by atoms with Crippen molar-refractivity contribution in [1.29, 1.82) is 0 Å². The molecular formula is C20H16Cl2F3N3O7S2. The van der Waals surface area contributed by atoms with Gasteiger partial charge < -0.3 is 14.9 Å². The minimum Gasteiger partial charge on any atom is -0.394 e. The summed E-state index contributed by atoms with van der Waals surface area (Å²) in [5.74, 6) is -4.66. The van der Waals surface area contributed by atoms with Crippen LogP contribution in [0.4, 0.5) is 13.2 Å². The van der Waals surface area contributed by atoms with Gasteiger partial charge in [0, 0.05) is 10.5 Å². The quantitative estimate of drug-likeness (QED) is 0.272. The number of aliphatic hydroxyl groups is 2. The van der Waals surface area contributed by atoms with Gasteiger partial charge in [-0.15, -0.1) is 5.10 Å². The Morgan fingerprint density at radius 3 is 2.41 bits per heavy atom. The Balaban J connectivity index is 1.75. The van der Waals surface area contributed by atoms with Gasteiger partial charge in [-0.25, -0.2) is 22.0 Å². The van der Waals surface area contributed by atoms with Gasteiger partial charge in [0.15, 0.2) is 17.5 Å². The van der Waals surface area contributed by atoms with Crippen molar-refractivity contribution < 1.29 is 45.3 Å². The van der Waals surface area contributed by atoms with E-state index in [2.05, 4.69) is 10.3 Å². The fraction of sp³-hybridized carbons (Fsp3) is 0.300. The molecule has 37 heavy (non-hydrogen) atoms. The Labute approximate surface area is 221 Å². The number of aliphatic hydroxyl groups excluding tert-OH is 2. The summed E-state index contributed by atoms with van der Waals surface area (Å²) in [5, 5.41) is 28.6. The summed E-state index contributed by atoms with van der Waals surface area (Å²) in [6, 6.07) is 4.31. The average molecular weight is 602 g/mol. The zero-order valence-corrected chi connectivity index (χ0v) is 21.2. The second-order valence-corrected chi connectivity index (χ2v) is 10.8. The summed E-state index contributed by atoms with van der Waals surface area (Å²) < 4.78 is 85.0. The van der Waals surface area contributed by atoms with Crippen molar-refractivity contribution in [2.24, 2.45) is 0 Å². The van der Waals surface area contributed by atoms with Crippen LogP contribution in [0.25, 0.3) is 11.3 Å². The monoisotopic (exact) mass is 601 g/mol. The van der Waals surface area contributed by atoms with E-state index in [0.29, 0.717) is 17.0 Å². The number of benzene rings is 2. The molecule has 0 aliphatic carbocycles. The van der Waals surface area contributed by atoms with E-state index < -0.39 is 64.2 Å². The molecule has 1 aromatic heterocycles. The molecule has 2 aromatic carbocycles. The first-order valence-corrected chi connectivity index (χ1v) is 13.2. The maximum absolute atomic E-state index is 13.7. The molecule has 3 aromatic rings. The van der Waals surface area contributed by atoms with Crippen molar-refractivity contribution in [3.05, 3.63) is 64.0 Å². The minimum atomic E-state index is -5.13. The van der Waals surface area contributed by atoms with Crippen LogP contribution in [0, 0.1) is 17.5 Å². The van der Waals surface area contributed by atoms with Crippen LogP contribution in [0.15, 0.2) is 41.4 Å². The lowest BCUT2D eigenvalue weighted by Gasteiger charge is -2.42. The fourth-order valence-corrected chi connectivity index (χ4v) is 5.72. The molecule has 4 rings (SSSR count). The van der Waals surface area contributed by atoms with Crippen LogP contribution in [0.1, 0.15) is 6.04 Å². The van der Waals surface area contributed by atoms with Crippen molar-refractivity contribution in [2.45, 2.75) is 34.7 Å². The first-order valence-electron chi connectivity index (χ1n) is 10.2. The molecule has 3 unspecified atom stereocenters. The molecule has 0 amide bonds. The Bertz CT molecular complexity index is 1390. The van der Waals surface area contributed by atoms with E-state index in [0.717, 1.165) is 22.6 Å². The Hall–Kier alpha value is -1.95. The molecule has 0 radical (unpaired) electrons.